The van der Waals surface area contributed by atoms with E-state index in [0.29, 0.717) is 18.5 Å². The number of likely N-dealkylation sites (tertiary alicyclic amines) is 1. The Bertz CT molecular complexity index is 837. The Morgan fingerprint density at radius 2 is 2.10 bits per heavy atom. The highest BCUT2D eigenvalue weighted by Crippen LogP contribution is 2.52. The lowest BCUT2D eigenvalue weighted by molar-refractivity contribution is -0.127. The number of hydrogen-bond donors (Lipinski definition) is 2. The molecule has 6 heteroatoms. The summed E-state index contributed by atoms with van der Waals surface area (Å²) in [6.07, 6.45) is 5.88. The zero-order chi connectivity index (χ0) is 22.2. The summed E-state index contributed by atoms with van der Waals surface area (Å²) in [7, 11) is 1.73. The highest BCUT2D eigenvalue weighted by molar-refractivity contribution is 5.86. The minimum Gasteiger partial charge on any atom is -0.497 e. The second-order valence-corrected chi connectivity index (χ2v) is 9.89. The molecule has 2 fully saturated rings. The first kappa shape index (κ1) is 22.1. The Morgan fingerprint density at radius 3 is 2.77 bits per heavy atom. The Kier molecular flexibility index (Phi) is 6.29. The van der Waals surface area contributed by atoms with Crippen molar-refractivity contribution < 1.29 is 14.3 Å². The third kappa shape index (κ3) is 4.45. The monoisotopic (exact) mass is 427 g/mol. The van der Waals surface area contributed by atoms with Crippen LogP contribution in [-0.4, -0.2) is 55.5 Å². The largest absolute Gasteiger partial charge is 0.497 e. The van der Waals surface area contributed by atoms with Crippen LogP contribution in [-0.2, 0) is 21.4 Å². The number of nitrogens with one attached hydrogen (secondary N) is 2. The van der Waals surface area contributed by atoms with Gasteiger partial charge in [-0.05, 0) is 80.7 Å². The van der Waals surface area contributed by atoms with Gasteiger partial charge in [0, 0.05) is 31.5 Å². The van der Waals surface area contributed by atoms with Gasteiger partial charge in [-0.1, -0.05) is 13.0 Å². The fourth-order valence-corrected chi connectivity index (χ4v) is 5.93. The van der Waals surface area contributed by atoms with Crippen LogP contribution in [0.15, 0.2) is 18.2 Å². The van der Waals surface area contributed by atoms with Crippen LogP contribution in [0.4, 0.5) is 0 Å². The molecule has 2 bridgehead atoms. The number of rotatable bonds is 8. The number of ether oxygens (including phenoxy) is 1. The number of hydrogen-bond acceptors (Lipinski definition) is 4. The number of piperidine rings is 1. The molecule has 1 aliphatic heterocycles. The molecule has 4 atom stereocenters. The van der Waals surface area contributed by atoms with Crippen LogP contribution >= 0.6 is 0 Å². The molecule has 0 aromatic heterocycles. The number of amides is 2. The van der Waals surface area contributed by atoms with Crippen molar-refractivity contribution in [1.82, 2.24) is 15.5 Å². The summed E-state index contributed by atoms with van der Waals surface area (Å²) in [6.45, 7) is 8.55. The standard InChI is InChI=1S/C25H37N3O3/c1-16-23-13-20-7-8-21(31-4)14-22(20)25(16,10-12-28(23)15-19-5-6-19)9-11-26-24(30)17(2)27-18(3)29/h7-8,14,16-17,19,23H,5-6,9-13,15H2,1-4H3,(H,26,30)(H,27,29)/t16-,17-,23+,25+/m0/s1. The number of nitrogens with zero attached hydrogens (tertiary/aromatic N) is 1. The molecular formula is C25H37N3O3. The fraction of sp³-hybridized carbons (Fsp3) is 0.680. The summed E-state index contributed by atoms with van der Waals surface area (Å²) in [5, 5.41) is 5.74. The molecule has 2 aliphatic carbocycles. The minimum atomic E-state index is -0.515. The molecule has 1 heterocycles. The number of methoxy groups -OCH3 is 1. The van der Waals surface area contributed by atoms with Crippen LogP contribution in [0, 0.1) is 11.8 Å². The molecular weight excluding hydrogens is 390 g/mol. The zero-order valence-corrected chi connectivity index (χ0v) is 19.4. The number of carbonyl (C=O) groups is 2. The Balaban J connectivity index is 1.54. The molecule has 0 spiro atoms. The van der Waals surface area contributed by atoms with Gasteiger partial charge in [-0.25, -0.2) is 0 Å². The van der Waals surface area contributed by atoms with E-state index >= 15 is 0 Å². The highest BCUT2D eigenvalue weighted by Gasteiger charge is 2.51. The Morgan fingerprint density at radius 1 is 1.32 bits per heavy atom. The molecule has 2 N–H and O–H groups in total. The van der Waals surface area contributed by atoms with Crippen molar-refractivity contribution in [3.8, 4) is 5.75 Å². The van der Waals surface area contributed by atoms with E-state index in [1.54, 1.807) is 14.0 Å². The third-order valence-corrected chi connectivity index (χ3v) is 7.92. The molecule has 31 heavy (non-hydrogen) atoms. The summed E-state index contributed by atoms with van der Waals surface area (Å²) in [6, 6.07) is 6.61. The van der Waals surface area contributed by atoms with Crippen LogP contribution < -0.4 is 15.4 Å². The SMILES string of the molecule is COc1ccc2c(c1)[C@]1(CCNC(=O)[C@H](C)NC(C)=O)CCN(CC3CC3)[C@H](C2)[C@@H]1C. The first-order valence-corrected chi connectivity index (χ1v) is 11.8. The highest BCUT2D eigenvalue weighted by atomic mass is 16.5. The van der Waals surface area contributed by atoms with Gasteiger partial charge in [0.05, 0.1) is 7.11 Å². The maximum absolute atomic E-state index is 12.4. The molecule has 0 unspecified atom stereocenters. The maximum Gasteiger partial charge on any atom is 0.242 e. The lowest BCUT2D eigenvalue weighted by Crippen LogP contribution is -2.60. The molecule has 1 saturated carbocycles. The smallest absolute Gasteiger partial charge is 0.242 e. The molecule has 1 aromatic carbocycles. The molecule has 170 valence electrons. The predicted molar refractivity (Wildman–Crippen MR) is 121 cm³/mol. The second kappa shape index (κ2) is 8.81. The van der Waals surface area contributed by atoms with Crippen molar-refractivity contribution >= 4 is 11.8 Å². The molecule has 2 amide bonds. The average Bonchev–Trinajstić information content (AvgIpc) is 3.55. The normalized spacial score (nSPS) is 28.4. The molecule has 3 aliphatic rings. The lowest BCUT2D eigenvalue weighted by Gasteiger charge is -2.56. The summed E-state index contributed by atoms with van der Waals surface area (Å²) in [5.41, 5.74) is 2.88. The molecule has 1 saturated heterocycles. The second-order valence-electron chi connectivity index (χ2n) is 9.89. The zero-order valence-electron chi connectivity index (χ0n) is 19.4. The van der Waals surface area contributed by atoms with Crippen molar-refractivity contribution in [2.45, 2.75) is 70.4 Å². The number of carbonyl (C=O) groups excluding carboxylic acids is 2. The van der Waals surface area contributed by atoms with Gasteiger partial charge in [0.15, 0.2) is 0 Å². The molecule has 6 nitrogen and oxygen atoms in total. The lowest BCUT2D eigenvalue weighted by atomic mass is 9.56. The van der Waals surface area contributed by atoms with Gasteiger partial charge in [0.25, 0.3) is 0 Å². The van der Waals surface area contributed by atoms with Gasteiger partial charge in [0.1, 0.15) is 11.8 Å². The molecule has 1 aromatic rings. The average molecular weight is 428 g/mol. The number of fused-ring (bicyclic) bond motifs is 4. The van der Waals surface area contributed by atoms with Gasteiger partial charge in [-0.3, -0.25) is 14.5 Å². The van der Waals surface area contributed by atoms with E-state index in [2.05, 4.69) is 40.7 Å². The van der Waals surface area contributed by atoms with E-state index in [9.17, 15) is 9.59 Å². The van der Waals surface area contributed by atoms with E-state index < -0.39 is 6.04 Å². The molecule has 0 radical (unpaired) electrons. The first-order valence-electron chi connectivity index (χ1n) is 11.8. The molecule has 4 rings (SSSR count). The van der Waals surface area contributed by atoms with E-state index in [1.165, 1.54) is 37.4 Å². The minimum absolute atomic E-state index is 0.0391. The van der Waals surface area contributed by atoms with Crippen molar-refractivity contribution in [2.75, 3.05) is 26.7 Å². The van der Waals surface area contributed by atoms with Gasteiger partial charge in [-0.2, -0.15) is 0 Å². The summed E-state index contributed by atoms with van der Waals surface area (Å²) >= 11 is 0. The van der Waals surface area contributed by atoms with Gasteiger partial charge >= 0.3 is 0 Å². The van der Waals surface area contributed by atoms with Gasteiger partial charge < -0.3 is 15.4 Å². The van der Waals surface area contributed by atoms with Crippen LogP contribution in [0.25, 0.3) is 0 Å². The van der Waals surface area contributed by atoms with E-state index in [0.717, 1.165) is 37.5 Å². The van der Waals surface area contributed by atoms with E-state index in [-0.39, 0.29) is 17.2 Å². The first-order chi connectivity index (χ1) is 14.8. The van der Waals surface area contributed by atoms with Crippen molar-refractivity contribution in [3.05, 3.63) is 29.3 Å². The van der Waals surface area contributed by atoms with Crippen LogP contribution in [0.2, 0.25) is 0 Å². The summed E-state index contributed by atoms with van der Waals surface area (Å²) in [5.74, 6) is 2.01. The van der Waals surface area contributed by atoms with Crippen molar-refractivity contribution in [1.29, 1.82) is 0 Å². The fourth-order valence-electron chi connectivity index (χ4n) is 5.93. The van der Waals surface area contributed by atoms with Gasteiger partial charge in [0.2, 0.25) is 11.8 Å². The van der Waals surface area contributed by atoms with E-state index in [1.807, 2.05) is 0 Å². The summed E-state index contributed by atoms with van der Waals surface area (Å²) < 4.78 is 5.57. The Hall–Kier alpha value is -2.08. The summed E-state index contributed by atoms with van der Waals surface area (Å²) in [4.78, 5) is 26.5. The van der Waals surface area contributed by atoms with Crippen LogP contribution in [0.5, 0.6) is 5.75 Å². The Labute approximate surface area is 186 Å². The topological polar surface area (TPSA) is 70.7 Å². The predicted octanol–water partition coefficient (Wildman–Crippen LogP) is 2.64. The van der Waals surface area contributed by atoms with Crippen molar-refractivity contribution in [2.24, 2.45) is 11.8 Å². The quantitative estimate of drug-likeness (QED) is 0.669. The maximum atomic E-state index is 12.4. The van der Waals surface area contributed by atoms with Crippen LogP contribution in [0.1, 0.15) is 57.6 Å². The van der Waals surface area contributed by atoms with Gasteiger partial charge in [-0.15, -0.1) is 0 Å². The van der Waals surface area contributed by atoms with E-state index in [4.69, 9.17) is 4.74 Å². The third-order valence-electron chi connectivity index (χ3n) is 7.92. The van der Waals surface area contributed by atoms with Crippen molar-refractivity contribution in [3.63, 3.8) is 0 Å². The number of benzene rings is 1. The van der Waals surface area contributed by atoms with Crippen LogP contribution in [0.3, 0.4) is 0 Å².